The highest BCUT2D eigenvalue weighted by Gasteiger charge is 2.54. The van der Waals surface area contributed by atoms with Crippen LogP contribution in [-0.2, 0) is 35.3 Å². The minimum Gasteiger partial charge on any atom is -0.497 e. The zero-order valence-electron chi connectivity index (χ0n) is 26.8. The molecule has 2 atom stereocenters. The van der Waals surface area contributed by atoms with E-state index >= 15 is 0 Å². The molecule has 3 heterocycles. The maximum absolute atomic E-state index is 13.7. The Labute approximate surface area is 293 Å². The van der Waals surface area contributed by atoms with Gasteiger partial charge in [-0.1, -0.05) is 28.6 Å². The first-order chi connectivity index (χ1) is 22.0. The summed E-state index contributed by atoms with van der Waals surface area (Å²) in [7, 11) is 1.56. The van der Waals surface area contributed by atoms with Crippen molar-refractivity contribution in [3.8, 4) is 5.75 Å². The molecule has 2 unspecified atom stereocenters. The number of hydrogen-bond acceptors (Lipinski definition) is 12. The Morgan fingerprint density at radius 3 is 2.40 bits per heavy atom. The van der Waals surface area contributed by atoms with Crippen LogP contribution >= 0.6 is 50.6 Å². The van der Waals surface area contributed by atoms with Gasteiger partial charge >= 0.3 is 12.1 Å². The highest BCUT2D eigenvalue weighted by Crippen LogP contribution is 2.41. The van der Waals surface area contributed by atoms with Gasteiger partial charge in [0.1, 0.15) is 50.2 Å². The van der Waals surface area contributed by atoms with Crippen LogP contribution in [0, 0.1) is 0 Å². The number of β-lactam (4-membered cyclic amide) rings is 1. The van der Waals surface area contributed by atoms with Crippen LogP contribution in [0.2, 0.25) is 0 Å². The molecule has 2 N–H and O–H groups in total. The fourth-order valence-electron chi connectivity index (χ4n) is 4.19. The molecule has 0 radical (unpaired) electrons. The average molecular weight is 773 g/mol. The molecule has 3 amide bonds. The van der Waals surface area contributed by atoms with Crippen LogP contribution in [0.25, 0.3) is 0 Å². The Bertz CT molecular complexity index is 1600. The fourth-order valence-corrected chi connectivity index (χ4v) is 7.29. The van der Waals surface area contributed by atoms with Crippen LogP contribution in [-0.4, -0.2) is 80.8 Å². The summed E-state index contributed by atoms with van der Waals surface area (Å²) in [4.78, 5) is 64.0. The van der Waals surface area contributed by atoms with Crippen LogP contribution in [0.3, 0.4) is 0 Å². The molecular formula is C30H35BrClN5O8S2. The normalized spacial score (nSPS) is 18.2. The number of oxime groups is 1. The molecule has 1 fully saturated rings. The Balaban J connectivity index is 1.51. The van der Waals surface area contributed by atoms with Crippen LogP contribution in [0.15, 0.2) is 44.5 Å². The Morgan fingerprint density at radius 1 is 1.13 bits per heavy atom. The molecule has 2 aliphatic heterocycles. The minimum atomic E-state index is -0.995. The van der Waals surface area contributed by atoms with E-state index in [-0.39, 0.29) is 34.7 Å². The number of benzene rings is 1. The van der Waals surface area contributed by atoms with Gasteiger partial charge in [0.05, 0.1) is 7.11 Å². The number of nitrogens with zero attached hydrogens (tertiary/aromatic N) is 3. The van der Waals surface area contributed by atoms with Gasteiger partial charge in [0.15, 0.2) is 10.8 Å². The van der Waals surface area contributed by atoms with E-state index in [0.29, 0.717) is 20.9 Å². The first-order valence-corrected chi connectivity index (χ1v) is 17.5. The lowest BCUT2D eigenvalue weighted by molar-refractivity contribution is -0.153. The topological polar surface area (TPSA) is 158 Å². The predicted molar refractivity (Wildman–Crippen MR) is 183 cm³/mol. The van der Waals surface area contributed by atoms with Crippen molar-refractivity contribution < 1.29 is 38.2 Å². The molecule has 4 rings (SSSR count). The molecule has 47 heavy (non-hydrogen) atoms. The second-order valence-corrected chi connectivity index (χ2v) is 16.0. The molecule has 1 aromatic heterocycles. The number of halogens is 2. The number of nitrogens with one attached hydrogen (secondary N) is 2. The highest BCUT2D eigenvalue weighted by atomic mass is 79.9. The Hall–Kier alpha value is -3.34. The van der Waals surface area contributed by atoms with E-state index in [0.717, 1.165) is 16.9 Å². The molecule has 254 valence electrons. The number of methoxy groups -OCH3 is 1. The molecule has 0 spiro atoms. The van der Waals surface area contributed by atoms with Gasteiger partial charge in [0.2, 0.25) is 0 Å². The number of rotatable bonds is 10. The van der Waals surface area contributed by atoms with Crippen LogP contribution < -0.4 is 15.4 Å². The van der Waals surface area contributed by atoms with Gasteiger partial charge < -0.3 is 24.4 Å². The number of hydrogen-bond donors (Lipinski definition) is 2. The van der Waals surface area contributed by atoms with Crippen LogP contribution in [0.1, 0.15) is 52.8 Å². The summed E-state index contributed by atoms with van der Waals surface area (Å²) in [6.45, 7) is 10.4. The molecule has 1 aromatic carbocycles. The lowest BCUT2D eigenvalue weighted by Gasteiger charge is -2.49. The number of fused-ring (bicyclic) bond motifs is 1. The summed E-state index contributed by atoms with van der Waals surface area (Å²) in [5.41, 5.74) is -0.311. The van der Waals surface area contributed by atoms with E-state index in [1.165, 1.54) is 16.7 Å². The fraction of sp³-hybridized carbons (Fsp3) is 0.467. The Morgan fingerprint density at radius 2 is 1.81 bits per heavy atom. The summed E-state index contributed by atoms with van der Waals surface area (Å²) < 4.78 is 16.4. The second kappa shape index (κ2) is 14.8. The van der Waals surface area contributed by atoms with Crippen molar-refractivity contribution in [1.82, 2.24) is 15.2 Å². The number of carbonyl (C=O) groups excluding carboxylic acids is 4. The summed E-state index contributed by atoms with van der Waals surface area (Å²) >= 11 is 11.9. The van der Waals surface area contributed by atoms with Crippen molar-refractivity contribution in [2.24, 2.45) is 5.16 Å². The van der Waals surface area contributed by atoms with Crippen molar-refractivity contribution in [2.45, 2.75) is 70.8 Å². The van der Waals surface area contributed by atoms with Crippen molar-refractivity contribution >= 4 is 85.3 Å². The Kier molecular flexibility index (Phi) is 11.5. The quantitative estimate of drug-likeness (QED) is 0.105. The van der Waals surface area contributed by atoms with Gasteiger partial charge in [-0.2, -0.15) is 0 Å². The number of anilines is 1. The van der Waals surface area contributed by atoms with Crippen molar-refractivity contribution in [1.29, 1.82) is 0 Å². The van der Waals surface area contributed by atoms with E-state index in [9.17, 15) is 19.2 Å². The van der Waals surface area contributed by atoms with Gasteiger partial charge in [-0.05, 0) is 80.7 Å². The van der Waals surface area contributed by atoms with Gasteiger partial charge in [-0.15, -0.1) is 23.4 Å². The number of esters is 1. The van der Waals surface area contributed by atoms with Crippen LogP contribution in [0.5, 0.6) is 5.75 Å². The SMILES string of the molecule is COc1ccc(COC(=O)C2=C(CCl)CSC3C(NC(=O)/C(=N\OC(C)(C)C)c4nc(NC(=O)OC(C)(C)C)sc4Br)C(=O)N23)cc1. The van der Waals surface area contributed by atoms with Crippen molar-refractivity contribution in [3.05, 3.63) is 50.6 Å². The van der Waals surface area contributed by atoms with Gasteiger partial charge in [-0.25, -0.2) is 14.6 Å². The molecular weight excluding hydrogens is 738 g/mol. The van der Waals surface area contributed by atoms with Gasteiger partial charge in [-0.3, -0.25) is 19.8 Å². The molecule has 0 bridgehead atoms. The molecule has 17 heteroatoms. The molecule has 1 saturated heterocycles. The predicted octanol–water partition coefficient (Wildman–Crippen LogP) is 5.42. The number of thiazole rings is 1. The lowest BCUT2D eigenvalue weighted by atomic mass is 10.0. The first-order valence-electron chi connectivity index (χ1n) is 14.3. The standard InChI is InChI=1S/C30H35BrClN5O8S2/c1-29(2,3)44-28(41)35-27-34-18(22(31)47-27)19(36-45-30(4,5)6)23(38)33-20-24(39)37-21(16(12-32)14-46-25(20)37)26(40)43-13-15-8-10-17(42-7)11-9-15/h8-11,20,25H,12-14H2,1-7H3,(H,33,38)(H,34,35,41)/b36-19-. The minimum absolute atomic E-state index is 0.0198. The van der Waals surface area contributed by atoms with Crippen LogP contribution in [0.4, 0.5) is 9.93 Å². The molecule has 13 nitrogen and oxygen atoms in total. The summed E-state index contributed by atoms with van der Waals surface area (Å²) in [6.07, 6.45) is -0.726. The zero-order valence-corrected chi connectivity index (χ0v) is 30.7. The third-order valence-electron chi connectivity index (χ3n) is 6.26. The summed E-state index contributed by atoms with van der Waals surface area (Å²) in [5.74, 6) is -0.933. The first kappa shape index (κ1) is 36.5. The van der Waals surface area contributed by atoms with Gasteiger partial charge in [0, 0.05) is 11.6 Å². The number of ether oxygens (including phenoxy) is 3. The van der Waals surface area contributed by atoms with Crippen molar-refractivity contribution in [3.63, 3.8) is 0 Å². The third kappa shape index (κ3) is 9.18. The smallest absolute Gasteiger partial charge is 0.413 e. The lowest BCUT2D eigenvalue weighted by Crippen LogP contribution is -2.71. The zero-order chi connectivity index (χ0) is 34.7. The van der Waals surface area contributed by atoms with Gasteiger partial charge in [0.25, 0.3) is 11.8 Å². The van der Waals surface area contributed by atoms with E-state index in [1.807, 2.05) is 0 Å². The molecule has 0 aliphatic carbocycles. The summed E-state index contributed by atoms with van der Waals surface area (Å²) in [5, 5.41) is 8.89. The number of thioether (sulfide) groups is 1. The second-order valence-electron chi connectivity index (χ2n) is 12.3. The monoisotopic (exact) mass is 771 g/mol. The summed E-state index contributed by atoms with van der Waals surface area (Å²) in [6, 6.07) is 6.04. The maximum atomic E-state index is 13.7. The maximum Gasteiger partial charge on any atom is 0.413 e. The van der Waals surface area contributed by atoms with E-state index in [4.69, 9.17) is 30.6 Å². The number of carbonyl (C=O) groups is 4. The van der Waals surface area contributed by atoms with E-state index in [2.05, 4.69) is 36.7 Å². The number of alkyl halides is 1. The van der Waals surface area contributed by atoms with E-state index < -0.39 is 46.5 Å². The largest absolute Gasteiger partial charge is 0.497 e. The molecule has 0 saturated carbocycles. The number of amides is 3. The average Bonchev–Trinajstić information content (AvgIpc) is 3.35. The molecule has 2 aromatic rings. The van der Waals surface area contributed by atoms with E-state index in [1.54, 1.807) is 72.9 Å². The third-order valence-corrected chi connectivity index (χ3v) is 9.54. The molecule has 2 aliphatic rings. The van der Waals surface area contributed by atoms with Crippen molar-refractivity contribution in [2.75, 3.05) is 24.1 Å². The highest BCUT2D eigenvalue weighted by molar-refractivity contribution is 9.11. The number of aromatic nitrogens is 1.